The first-order valence-corrected chi connectivity index (χ1v) is 5.42. The molecule has 1 aromatic heterocycles. The summed E-state index contributed by atoms with van der Waals surface area (Å²) in [7, 11) is 1.24. The van der Waals surface area contributed by atoms with Gasteiger partial charge in [-0.3, -0.25) is 4.79 Å². The number of pyridine rings is 1. The molecule has 0 amide bonds. The highest BCUT2D eigenvalue weighted by atomic mass is 79.9. The number of nitrogens with zero attached hydrogens (tertiary/aromatic N) is 2. The van der Waals surface area contributed by atoms with Crippen LogP contribution in [0.4, 0.5) is 5.82 Å². The van der Waals surface area contributed by atoms with E-state index in [-0.39, 0.29) is 12.4 Å². The Bertz CT molecular complexity index is 426. The number of nitro groups is 1. The molecular weight excluding hydrogens is 296 g/mol. The number of aromatic nitrogens is 1. The summed E-state index contributed by atoms with van der Waals surface area (Å²) in [6, 6.07) is 2.91. The third kappa shape index (κ3) is 3.66. The number of rotatable bonds is 5. The minimum Gasteiger partial charge on any atom is -0.484 e. The van der Waals surface area contributed by atoms with Crippen LogP contribution in [-0.2, 0) is 9.53 Å². The minimum absolute atomic E-state index is 0.00542. The number of esters is 1. The molecule has 0 bridgehead atoms. The number of hydrogen-bond donors (Lipinski definition) is 0. The normalized spacial score (nSPS) is 11.6. The molecule has 0 aliphatic carbocycles. The Hall–Kier alpha value is -1.70. The fourth-order valence-corrected chi connectivity index (χ4v) is 1.31. The molecule has 0 aliphatic rings. The molecule has 92 valence electrons. The summed E-state index contributed by atoms with van der Waals surface area (Å²) in [5, 5.41) is 10.6. The Kier molecular flexibility index (Phi) is 4.83. The van der Waals surface area contributed by atoms with E-state index in [1.807, 2.05) is 0 Å². The van der Waals surface area contributed by atoms with Gasteiger partial charge in [0.25, 0.3) is 0 Å². The molecule has 1 rings (SSSR count). The number of ether oxygens (including phenoxy) is 2. The quantitative estimate of drug-likeness (QED) is 0.352. The summed E-state index contributed by atoms with van der Waals surface area (Å²) < 4.78 is 9.59. The largest absolute Gasteiger partial charge is 0.484 e. The molecule has 0 saturated carbocycles. The molecular formula is C9H9BrN2O5. The van der Waals surface area contributed by atoms with Gasteiger partial charge in [0.15, 0.2) is 0 Å². The van der Waals surface area contributed by atoms with Gasteiger partial charge in [-0.25, -0.2) is 0 Å². The van der Waals surface area contributed by atoms with E-state index in [0.717, 1.165) is 0 Å². The zero-order valence-corrected chi connectivity index (χ0v) is 10.4. The second kappa shape index (κ2) is 6.14. The third-order valence-electron chi connectivity index (χ3n) is 1.77. The van der Waals surface area contributed by atoms with E-state index in [4.69, 9.17) is 4.74 Å². The fraction of sp³-hybridized carbons (Fsp3) is 0.333. The van der Waals surface area contributed by atoms with Gasteiger partial charge in [-0.05, 0) is 22.0 Å². The van der Waals surface area contributed by atoms with E-state index in [0.29, 0.717) is 0 Å². The standard InChI is InChI=1S/C9H9BrN2O5/c1-16-9(13)6(10)5-17-7-3-2-4-11-8(7)12(14)15/h2-4,6H,5H2,1H3. The fourth-order valence-electron chi connectivity index (χ4n) is 0.991. The zero-order chi connectivity index (χ0) is 12.8. The summed E-state index contributed by atoms with van der Waals surface area (Å²) in [6.45, 7) is -0.0841. The molecule has 0 aromatic carbocycles. The predicted octanol–water partition coefficient (Wildman–Crippen LogP) is 1.31. The van der Waals surface area contributed by atoms with Crippen LogP contribution in [0.15, 0.2) is 18.3 Å². The average molecular weight is 305 g/mol. The van der Waals surface area contributed by atoms with Crippen LogP contribution in [0.25, 0.3) is 0 Å². The second-order valence-electron chi connectivity index (χ2n) is 2.88. The number of carbonyl (C=O) groups excluding carboxylic acids is 1. The van der Waals surface area contributed by atoms with Gasteiger partial charge in [0.1, 0.15) is 17.6 Å². The monoisotopic (exact) mass is 304 g/mol. The summed E-state index contributed by atoms with van der Waals surface area (Å²) >= 11 is 3.03. The van der Waals surface area contributed by atoms with Crippen molar-refractivity contribution in [2.24, 2.45) is 0 Å². The van der Waals surface area contributed by atoms with E-state index in [1.54, 1.807) is 0 Å². The first kappa shape index (κ1) is 13.4. The van der Waals surface area contributed by atoms with Gasteiger partial charge in [0, 0.05) is 0 Å². The highest BCUT2D eigenvalue weighted by Crippen LogP contribution is 2.23. The van der Waals surface area contributed by atoms with Crippen LogP contribution >= 0.6 is 15.9 Å². The summed E-state index contributed by atoms with van der Waals surface area (Å²) in [5.74, 6) is -0.903. The summed E-state index contributed by atoms with van der Waals surface area (Å²) in [4.78, 5) is 23.9. The summed E-state index contributed by atoms with van der Waals surface area (Å²) in [6.07, 6.45) is 1.29. The topological polar surface area (TPSA) is 91.6 Å². The van der Waals surface area contributed by atoms with Gasteiger partial charge in [0.05, 0.1) is 7.11 Å². The molecule has 0 saturated heterocycles. The highest BCUT2D eigenvalue weighted by Gasteiger charge is 2.20. The van der Waals surface area contributed by atoms with E-state index in [9.17, 15) is 14.9 Å². The number of halogens is 1. The SMILES string of the molecule is COC(=O)C(Br)COc1cccnc1[N+](=O)[O-]. The van der Waals surface area contributed by atoms with Gasteiger partial charge in [0.2, 0.25) is 5.75 Å². The minimum atomic E-state index is -0.688. The molecule has 8 heteroatoms. The average Bonchev–Trinajstić information content (AvgIpc) is 2.35. The maximum atomic E-state index is 11.1. The van der Waals surface area contributed by atoms with Crippen molar-refractivity contribution in [1.29, 1.82) is 0 Å². The van der Waals surface area contributed by atoms with E-state index in [2.05, 4.69) is 25.7 Å². The Labute approximate surface area is 105 Å². The van der Waals surface area contributed by atoms with E-state index < -0.39 is 21.5 Å². The molecule has 1 aromatic rings. The van der Waals surface area contributed by atoms with Crippen molar-refractivity contribution in [3.8, 4) is 5.75 Å². The van der Waals surface area contributed by atoms with Crippen molar-refractivity contribution in [2.75, 3.05) is 13.7 Å². The maximum Gasteiger partial charge on any atom is 0.406 e. The predicted molar refractivity (Wildman–Crippen MR) is 61.1 cm³/mol. The third-order valence-corrected chi connectivity index (χ3v) is 2.40. The second-order valence-corrected chi connectivity index (χ2v) is 3.99. The van der Waals surface area contributed by atoms with Crippen LogP contribution in [0, 0.1) is 10.1 Å². The number of alkyl halides is 1. The smallest absolute Gasteiger partial charge is 0.406 e. The van der Waals surface area contributed by atoms with Gasteiger partial charge >= 0.3 is 11.8 Å². The Morgan fingerprint density at radius 3 is 3.00 bits per heavy atom. The van der Waals surface area contributed by atoms with E-state index >= 15 is 0 Å². The lowest BCUT2D eigenvalue weighted by molar-refractivity contribution is -0.390. The molecule has 0 N–H and O–H groups in total. The molecule has 0 radical (unpaired) electrons. The molecule has 1 unspecified atom stereocenters. The highest BCUT2D eigenvalue weighted by molar-refractivity contribution is 9.10. The lowest BCUT2D eigenvalue weighted by Gasteiger charge is -2.09. The zero-order valence-electron chi connectivity index (χ0n) is 8.83. The van der Waals surface area contributed by atoms with Crippen LogP contribution in [0.5, 0.6) is 5.75 Å². The van der Waals surface area contributed by atoms with Gasteiger partial charge in [-0.2, -0.15) is 0 Å². The molecule has 1 atom stereocenters. The first-order chi connectivity index (χ1) is 8.06. The first-order valence-electron chi connectivity index (χ1n) is 4.50. The Morgan fingerprint density at radius 2 is 2.41 bits per heavy atom. The van der Waals surface area contributed by atoms with Crippen molar-refractivity contribution in [1.82, 2.24) is 4.98 Å². The maximum absolute atomic E-state index is 11.1. The van der Waals surface area contributed by atoms with Crippen LogP contribution in [-0.4, -0.2) is 34.4 Å². The Balaban J connectivity index is 2.69. The van der Waals surface area contributed by atoms with Crippen LogP contribution in [0.1, 0.15) is 0 Å². The number of hydrogen-bond acceptors (Lipinski definition) is 6. The van der Waals surface area contributed by atoms with Gasteiger partial charge < -0.3 is 19.6 Å². The lowest BCUT2D eigenvalue weighted by atomic mass is 10.4. The van der Waals surface area contributed by atoms with Crippen molar-refractivity contribution in [3.05, 3.63) is 28.4 Å². The number of methoxy groups -OCH3 is 1. The summed E-state index contributed by atoms with van der Waals surface area (Å²) in [5.41, 5.74) is 0. The van der Waals surface area contributed by atoms with Crippen molar-refractivity contribution in [2.45, 2.75) is 4.83 Å². The number of carbonyl (C=O) groups is 1. The van der Waals surface area contributed by atoms with Crippen molar-refractivity contribution in [3.63, 3.8) is 0 Å². The van der Waals surface area contributed by atoms with Gasteiger partial charge in [-0.1, -0.05) is 15.9 Å². The molecule has 7 nitrogen and oxygen atoms in total. The molecule has 0 aliphatic heterocycles. The van der Waals surface area contributed by atoms with E-state index in [1.165, 1.54) is 25.4 Å². The van der Waals surface area contributed by atoms with Crippen LogP contribution < -0.4 is 4.74 Å². The molecule has 17 heavy (non-hydrogen) atoms. The molecule has 0 spiro atoms. The van der Waals surface area contributed by atoms with Gasteiger partial charge in [-0.15, -0.1) is 0 Å². The van der Waals surface area contributed by atoms with Crippen LogP contribution in [0.3, 0.4) is 0 Å². The molecule has 0 fully saturated rings. The molecule has 1 heterocycles. The lowest BCUT2D eigenvalue weighted by Crippen LogP contribution is -2.23. The van der Waals surface area contributed by atoms with Crippen molar-refractivity contribution >= 4 is 27.7 Å². The Morgan fingerprint density at radius 1 is 1.71 bits per heavy atom. The van der Waals surface area contributed by atoms with Crippen LogP contribution in [0.2, 0.25) is 0 Å². The van der Waals surface area contributed by atoms with Crippen molar-refractivity contribution < 1.29 is 19.2 Å².